The maximum atomic E-state index is 12.5. The Hall–Kier alpha value is -2.52. The van der Waals surface area contributed by atoms with E-state index in [9.17, 15) is 14.9 Å². The summed E-state index contributed by atoms with van der Waals surface area (Å²) in [4.78, 5) is 28.4. The van der Waals surface area contributed by atoms with E-state index in [0.29, 0.717) is 16.3 Å². The fourth-order valence-electron chi connectivity index (χ4n) is 2.21. The molecule has 2 aromatic rings. The highest BCUT2D eigenvalue weighted by molar-refractivity contribution is 7.10. The Morgan fingerprint density at radius 1 is 1.35 bits per heavy atom. The number of carbonyl (C=O) groups excluding carboxylic acids is 2. The number of hydrogen-bond acceptors (Lipinski definition) is 5. The van der Waals surface area contributed by atoms with Crippen molar-refractivity contribution in [2.45, 2.75) is 25.7 Å². The van der Waals surface area contributed by atoms with E-state index in [1.807, 2.05) is 18.4 Å². The Balaban J connectivity index is 1.73. The fraction of sp³-hybridized carbons (Fsp3) is 0.294. The van der Waals surface area contributed by atoms with Crippen LogP contribution in [0.2, 0.25) is 0 Å². The van der Waals surface area contributed by atoms with Gasteiger partial charge in [0, 0.05) is 28.2 Å². The third-order valence-electron chi connectivity index (χ3n) is 3.66. The van der Waals surface area contributed by atoms with Gasteiger partial charge in [-0.25, -0.2) is 4.98 Å². The lowest BCUT2D eigenvalue weighted by Crippen LogP contribution is -2.14. The molecule has 3 rings (SSSR count). The number of ketones is 1. The van der Waals surface area contributed by atoms with Crippen LogP contribution in [0.25, 0.3) is 0 Å². The number of aryl methyl sites for hydroxylation is 1. The summed E-state index contributed by atoms with van der Waals surface area (Å²) in [6, 6.07) is 8.68. The maximum Gasteiger partial charge on any atom is 0.227 e. The third-order valence-corrected chi connectivity index (χ3v) is 4.69. The smallest absolute Gasteiger partial charge is 0.227 e. The van der Waals surface area contributed by atoms with Gasteiger partial charge >= 0.3 is 0 Å². The lowest BCUT2D eigenvalue weighted by molar-refractivity contribution is -0.117. The zero-order chi connectivity index (χ0) is 16.4. The number of carbonyl (C=O) groups is 2. The minimum Gasteiger partial charge on any atom is -0.326 e. The molecule has 1 aromatic carbocycles. The molecule has 1 N–H and O–H groups in total. The summed E-state index contributed by atoms with van der Waals surface area (Å²) in [6.45, 7) is 1.83. The first-order chi connectivity index (χ1) is 11.1. The number of nitriles is 1. The lowest BCUT2D eigenvalue weighted by atomic mass is 9.99. The van der Waals surface area contributed by atoms with Crippen LogP contribution in [-0.4, -0.2) is 16.7 Å². The van der Waals surface area contributed by atoms with Gasteiger partial charge in [-0.3, -0.25) is 9.59 Å². The molecule has 6 heteroatoms. The van der Waals surface area contributed by atoms with Crippen LogP contribution < -0.4 is 5.32 Å². The highest BCUT2D eigenvalue weighted by atomic mass is 32.1. The van der Waals surface area contributed by atoms with E-state index >= 15 is 0 Å². The van der Waals surface area contributed by atoms with Crippen LogP contribution in [-0.2, 0) is 4.79 Å². The summed E-state index contributed by atoms with van der Waals surface area (Å²) in [5.74, 6) is -1.01. The molecule has 1 saturated carbocycles. The van der Waals surface area contributed by atoms with Crippen molar-refractivity contribution in [3.63, 3.8) is 0 Å². The van der Waals surface area contributed by atoms with E-state index in [1.165, 1.54) is 11.3 Å². The molecular weight excluding hydrogens is 310 g/mol. The number of amides is 1. The number of thiazole rings is 1. The molecule has 23 heavy (non-hydrogen) atoms. The number of nitrogens with one attached hydrogen (secondary N) is 1. The molecule has 116 valence electrons. The van der Waals surface area contributed by atoms with Crippen LogP contribution in [0, 0.1) is 24.2 Å². The number of nitrogens with zero attached hydrogens (tertiary/aromatic N) is 2. The molecule has 1 amide bonds. The second kappa shape index (κ2) is 6.31. The van der Waals surface area contributed by atoms with Crippen LogP contribution in [0.15, 0.2) is 29.6 Å². The number of aromatic nitrogens is 1. The molecule has 1 aliphatic rings. The Morgan fingerprint density at radius 3 is 2.57 bits per heavy atom. The van der Waals surface area contributed by atoms with Crippen molar-refractivity contribution in [1.82, 2.24) is 4.98 Å². The SMILES string of the molecule is Cc1csc(C(C#N)C(=O)c2ccc(NC(=O)C3CC3)cc2)n1. The summed E-state index contributed by atoms with van der Waals surface area (Å²) in [7, 11) is 0. The van der Waals surface area contributed by atoms with E-state index in [4.69, 9.17) is 0 Å². The van der Waals surface area contributed by atoms with E-state index in [1.54, 1.807) is 24.3 Å². The van der Waals surface area contributed by atoms with Crippen molar-refractivity contribution in [1.29, 1.82) is 5.26 Å². The largest absolute Gasteiger partial charge is 0.326 e. The van der Waals surface area contributed by atoms with Crippen LogP contribution in [0.3, 0.4) is 0 Å². The third kappa shape index (κ3) is 3.46. The van der Waals surface area contributed by atoms with E-state index in [0.717, 1.165) is 18.5 Å². The zero-order valence-electron chi connectivity index (χ0n) is 12.6. The number of anilines is 1. The average molecular weight is 325 g/mol. The van der Waals surface area contributed by atoms with Gasteiger partial charge in [-0.15, -0.1) is 11.3 Å². The minimum atomic E-state index is -0.888. The van der Waals surface area contributed by atoms with Gasteiger partial charge in [-0.05, 0) is 44.0 Å². The lowest BCUT2D eigenvalue weighted by Gasteiger charge is -2.07. The standard InChI is InChI=1S/C17H15N3O2S/c1-10-9-23-17(19-10)14(8-18)15(21)11-4-6-13(7-5-11)20-16(22)12-2-3-12/h4-7,9,12,14H,2-3H2,1H3,(H,20,22). The van der Waals surface area contributed by atoms with Crippen LogP contribution in [0.4, 0.5) is 5.69 Å². The summed E-state index contributed by atoms with van der Waals surface area (Å²) < 4.78 is 0. The fourth-order valence-corrected chi connectivity index (χ4v) is 3.04. The summed E-state index contributed by atoms with van der Waals surface area (Å²) in [6.07, 6.45) is 1.89. The van der Waals surface area contributed by atoms with Crippen molar-refractivity contribution in [2.75, 3.05) is 5.32 Å². The van der Waals surface area contributed by atoms with Gasteiger partial charge in [-0.2, -0.15) is 5.26 Å². The highest BCUT2D eigenvalue weighted by Gasteiger charge is 2.29. The second-order valence-corrected chi connectivity index (χ2v) is 6.48. The van der Waals surface area contributed by atoms with Crippen molar-refractivity contribution < 1.29 is 9.59 Å². The summed E-state index contributed by atoms with van der Waals surface area (Å²) in [5.41, 5.74) is 1.90. The number of hydrogen-bond donors (Lipinski definition) is 1. The molecule has 1 unspecified atom stereocenters. The molecule has 1 atom stereocenters. The van der Waals surface area contributed by atoms with Crippen molar-refractivity contribution >= 4 is 28.7 Å². The predicted octanol–water partition coefficient (Wildman–Crippen LogP) is 3.29. The molecule has 5 nitrogen and oxygen atoms in total. The molecule has 0 bridgehead atoms. The molecule has 1 aliphatic carbocycles. The monoisotopic (exact) mass is 325 g/mol. The first-order valence-corrected chi connectivity index (χ1v) is 8.23. The normalized spacial score (nSPS) is 14.8. The maximum absolute atomic E-state index is 12.5. The minimum absolute atomic E-state index is 0.0252. The van der Waals surface area contributed by atoms with E-state index in [-0.39, 0.29) is 17.6 Å². The van der Waals surface area contributed by atoms with Gasteiger partial charge < -0.3 is 5.32 Å². The molecule has 0 saturated heterocycles. The Morgan fingerprint density at radius 2 is 2.04 bits per heavy atom. The molecular formula is C17H15N3O2S. The molecule has 1 fully saturated rings. The summed E-state index contributed by atoms with van der Waals surface area (Å²) in [5, 5.41) is 14.5. The first kappa shape index (κ1) is 15.4. The van der Waals surface area contributed by atoms with Crippen molar-refractivity contribution in [2.24, 2.45) is 5.92 Å². The topological polar surface area (TPSA) is 82.9 Å². The van der Waals surface area contributed by atoms with Gasteiger partial charge in [0.15, 0.2) is 11.7 Å². The number of benzene rings is 1. The van der Waals surface area contributed by atoms with Crippen molar-refractivity contribution in [3.8, 4) is 6.07 Å². The quantitative estimate of drug-likeness (QED) is 0.855. The molecule has 0 spiro atoms. The van der Waals surface area contributed by atoms with Crippen LogP contribution >= 0.6 is 11.3 Å². The zero-order valence-corrected chi connectivity index (χ0v) is 13.4. The highest BCUT2D eigenvalue weighted by Crippen LogP contribution is 2.30. The second-order valence-electron chi connectivity index (χ2n) is 5.59. The van der Waals surface area contributed by atoms with Crippen LogP contribution in [0.5, 0.6) is 0 Å². The average Bonchev–Trinajstić information content (AvgIpc) is 3.32. The molecule has 0 aliphatic heterocycles. The van der Waals surface area contributed by atoms with E-state index in [2.05, 4.69) is 10.3 Å². The Labute approximate surface area is 138 Å². The Bertz CT molecular complexity index is 785. The molecule has 0 radical (unpaired) electrons. The summed E-state index contributed by atoms with van der Waals surface area (Å²) >= 11 is 1.32. The Kier molecular flexibility index (Phi) is 4.22. The van der Waals surface area contributed by atoms with Gasteiger partial charge in [0.2, 0.25) is 5.91 Å². The van der Waals surface area contributed by atoms with Gasteiger partial charge in [-0.1, -0.05) is 0 Å². The number of rotatable bonds is 5. The number of Topliss-reactive ketones (excluding diaryl/α,β-unsaturated/α-hetero) is 1. The van der Waals surface area contributed by atoms with Gasteiger partial charge in [0.25, 0.3) is 0 Å². The van der Waals surface area contributed by atoms with Crippen LogP contribution in [0.1, 0.15) is 39.8 Å². The van der Waals surface area contributed by atoms with Crippen molar-refractivity contribution in [3.05, 3.63) is 45.9 Å². The first-order valence-electron chi connectivity index (χ1n) is 7.35. The predicted molar refractivity (Wildman–Crippen MR) is 87.3 cm³/mol. The van der Waals surface area contributed by atoms with Gasteiger partial charge in [0.1, 0.15) is 5.01 Å². The molecule has 1 aromatic heterocycles. The molecule has 1 heterocycles. The van der Waals surface area contributed by atoms with E-state index < -0.39 is 5.92 Å². The van der Waals surface area contributed by atoms with Gasteiger partial charge in [0.05, 0.1) is 6.07 Å².